The summed E-state index contributed by atoms with van der Waals surface area (Å²) in [6, 6.07) is 15.4. The smallest absolute Gasteiger partial charge is 0.280 e. The Labute approximate surface area is 147 Å². The molecule has 4 rings (SSSR count). The highest BCUT2D eigenvalue weighted by molar-refractivity contribution is 6.43. The quantitative estimate of drug-likeness (QED) is 0.717. The van der Waals surface area contributed by atoms with E-state index in [1.54, 1.807) is 48.5 Å². The van der Waals surface area contributed by atoms with E-state index in [4.69, 9.17) is 10.7 Å². The molecule has 0 atom stereocenters. The number of nitriles is 1. The topological polar surface area (TPSA) is 106 Å². The van der Waals surface area contributed by atoms with E-state index in [9.17, 15) is 9.59 Å². The van der Waals surface area contributed by atoms with Gasteiger partial charge in [0.1, 0.15) is 0 Å². The van der Waals surface area contributed by atoms with Crippen LogP contribution < -0.4 is 15.8 Å². The number of hydrogen-bond acceptors (Lipinski definition) is 4. The van der Waals surface area contributed by atoms with Gasteiger partial charge in [-0.25, -0.2) is 4.99 Å². The zero-order chi connectivity index (χ0) is 18.3. The highest BCUT2D eigenvalue weighted by Gasteiger charge is 2.40. The minimum absolute atomic E-state index is 0.248. The molecule has 0 saturated heterocycles. The molecule has 0 radical (unpaired) electrons. The number of hydrogen-bond donors (Lipinski definition) is 2. The predicted octanol–water partition coefficient (Wildman–Crippen LogP) is 0.0424. The first-order chi connectivity index (χ1) is 12.6. The number of aliphatic imine (C=N–C) groups is 1. The Bertz CT molecular complexity index is 1210. The molecule has 0 fully saturated rings. The molecule has 0 bridgehead atoms. The summed E-state index contributed by atoms with van der Waals surface area (Å²) in [5.74, 6) is 1.42. The highest BCUT2D eigenvalue weighted by Crippen LogP contribution is 2.31. The van der Waals surface area contributed by atoms with Crippen LogP contribution in [-0.4, -0.2) is 23.4 Å². The van der Waals surface area contributed by atoms with E-state index in [2.05, 4.69) is 16.2 Å². The number of carbonyl (C=O) groups excluding carboxylic acids is 2. The molecular formula is C20H10N4O2. The summed E-state index contributed by atoms with van der Waals surface area (Å²) in [7, 11) is 0. The second-order valence-electron chi connectivity index (χ2n) is 5.74. The molecule has 2 aromatic rings. The van der Waals surface area contributed by atoms with Gasteiger partial charge in [-0.05, 0) is 35.4 Å². The van der Waals surface area contributed by atoms with Crippen molar-refractivity contribution in [3.63, 3.8) is 0 Å². The maximum atomic E-state index is 12.5. The summed E-state index contributed by atoms with van der Waals surface area (Å²) in [4.78, 5) is 29.0. The third-order valence-electron chi connectivity index (χ3n) is 4.23. The van der Waals surface area contributed by atoms with E-state index in [0.717, 1.165) is 0 Å². The van der Waals surface area contributed by atoms with Gasteiger partial charge in [-0.1, -0.05) is 24.3 Å². The lowest BCUT2D eigenvalue weighted by atomic mass is 9.99. The summed E-state index contributed by atoms with van der Waals surface area (Å²) in [5.41, 5.74) is 2.32. The van der Waals surface area contributed by atoms with Crippen LogP contribution in [0.25, 0.3) is 5.70 Å². The predicted molar refractivity (Wildman–Crippen MR) is 93.8 cm³/mol. The molecule has 122 valence electrons. The zero-order valence-corrected chi connectivity index (χ0v) is 13.3. The largest absolute Gasteiger partial charge is 0.321 e. The molecule has 6 heteroatoms. The fourth-order valence-electron chi connectivity index (χ4n) is 2.98. The van der Waals surface area contributed by atoms with Gasteiger partial charge in [0.15, 0.2) is 0 Å². The number of nitrogens with zero attached hydrogens (tertiary/aromatic N) is 2. The second-order valence-corrected chi connectivity index (χ2v) is 5.74. The molecule has 0 spiro atoms. The minimum Gasteiger partial charge on any atom is -0.321 e. The van der Waals surface area contributed by atoms with Crippen LogP contribution in [0.4, 0.5) is 0 Å². The van der Waals surface area contributed by atoms with E-state index < -0.39 is 5.91 Å². The van der Waals surface area contributed by atoms with Crippen molar-refractivity contribution < 1.29 is 9.59 Å². The maximum Gasteiger partial charge on any atom is 0.280 e. The van der Waals surface area contributed by atoms with E-state index in [1.165, 1.54) is 0 Å². The number of nitrogens with one attached hydrogen (secondary N) is 2. The van der Waals surface area contributed by atoms with Crippen molar-refractivity contribution in [2.45, 2.75) is 0 Å². The normalized spacial score (nSPS) is 15.3. The first kappa shape index (κ1) is 15.5. The number of benzene rings is 2. The average molecular weight is 338 g/mol. The lowest BCUT2D eigenvalue weighted by Gasteiger charge is -2.04. The van der Waals surface area contributed by atoms with Crippen LogP contribution in [0.5, 0.6) is 0 Å². The Morgan fingerprint density at radius 3 is 2.27 bits per heavy atom. The second kappa shape index (κ2) is 5.78. The van der Waals surface area contributed by atoms with Crippen LogP contribution in [0.15, 0.2) is 64.7 Å². The minimum atomic E-state index is -0.476. The van der Waals surface area contributed by atoms with E-state index in [1.807, 2.05) is 6.07 Å². The van der Waals surface area contributed by atoms with Crippen LogP contribution in [0.3, 0.4) is 0 Å². The molecule has 0 aliphatic carbocycles. The zero-order valence-electron chi connectivity index (χ0n) is 13.3. The molecular weight excluding hydrogens is 328 g/mol. The summed E-state index contributed by atoms with van der Waals surface area (Å²) in [6.07, 6.45) is 0. The maximum absolute atomic E-state index is 12.5. The summed E-state index contributed by atoms with van der Waals surface area (Å²) in [6.45, 7) is 0. The molecule has 0 unspecified atom stereocenters. The molecule has 2 aliphatic rings. The van der Waals surface area contributed by atoms with Gasteiger partial charge in [0.2, 0.25) is 0 Å². The van der Waals surface area contributed by atoms with Crippen molar-refractivity contribution in [3.8, 4) is 6.07 Å². The molecule has 0 aromatic heterocycles. The van der Waals surface area contributed by atoms with Gasteiger partial charge in [0, 0.05) is 10.8 Å². The van der Waals surface area contributed by atoms with E-state index in [-0.39, 0.29) is 17.1 Å². The molecule has 2 aliphatic heterocycles. The van der Waals surface area contributed by atoms with Crippen molar-refractivity contribution in [2.24, 2.45) is 4.99 Å². The lowest BCUT2D eigenvalue weighted by Crippen LogP contribution is -2.25. The highest BCUT2D eigenvalue weighted by atomic mass is 16.2. The fraction of sp³-hybridized carbons (Fsp3) is 0. The van der Waals surface area contributed by atoms with Crippen LogP contribution >= 0.6 is 0 Å². The van der Waals surface area contributed by atoms with E-state index in [0.29, 0.717) is 33.0 Å². The SMILES string of the molecule is N#Cc1ccc(C2=NC(=O)C3=C2C(=O)NC3=c2ccc(=C=N)cc2)cc1. The first-order valence-electron chi connectivity index (χ1n) is 7.72. The van der Waals surface area contributed by atoms with Crippen molar-refractivity contribution in [3.05, 3.63) is 81.2 Å². The van der Waals surface area contributed by atoms with Crippen molar-refractivity contribution in [2.75, 3.05) is 0 Å². The van der Waals surface area contributed by atoms with Crippen LogP contribution in [0, 0.1) is 16.7 Å². The first-order valence-corrected chi connectivity index (χ1v) is 7.72. The van der Waals surface area contributed by atoms with Gasteiger partial charge in [-0.3, -0.25) is 15.0 Å². The van der Waals surface area contributed by atoms with Gasteiger partial charge >= 0.3 is 0 Å². The van der Waals surface area contributed by atoms with Crippen molar-refractivity contribution in [1.29, 1.82) is 10.7 Å². The molecule has 2 N–H and O–H groups in total. The molecule has 26 heavy (non-hydrogen) atoms. The molecule has 2 aromatic carbocycles. The fourth-order valence-corrected chi connectivity index (χ4v) is 2.98. The lowest BCUT2D eigenvalue weighted by molar-refractivity contribution is -0.116. The number of amides is 2. The molecule has 6 nitrogen and oxygen atoms in total. The van der Waals surface area contributed by atoms with Gasteiger partial charge in [0.05, 0.1) is 34.2 Å². The van der Waals surface area contributed by atoms with Gasteiger partial charge in [-0.2, -0.15) is 5.26 Å². The number of carbonyl (C=O) groups is 2. The standard InChI is InChI=1S/C20H10N4O2/c21-9-11-1-5-13(6-2-11)17-15-16(20(26)23-17)18(24-19(15)25)14-7-3-12(10-22)4-8-14/h1-8,21H,(H,23,26). The van der Waals surface area contributed by atoms with Crippen LogP contribution in [0.2, 0.25) is 0 Å². The monoisotopic (exact) mass is 338 g/mol. The van der Waals surface area contributed by atoms with Crippen molar-refractivity contribution >= 4 is 29.1 Å². The Morgan fingerprint density at radius 2 is 1.65 bits per heavy atom. The average Bonchev–Trinajstić information content (AvgIpc) is 3.21. The molecule has 2 heterocycles. The summed E-state index contributed by atoms with van der Waals surface area (Å²) >= 11 is 0. The van der Waals surface area contributed by atoms with Crippen LogP contribution in [0.1, 0.15) is 11.1 Å². The third kappa shape index (κ3) is 2.28. The van der Waals surface area contributed by atoms with Gasteiger partial charge in [-0.15, -0.1) is 0 Å². The Kier molecular flexibility index (Phi) is 3.44. The molecule has 0 saturated carbocycles. The summed E-state index contributed by atoms with van der Waals surface area (Å²) in [5, 5.41) is 20.0. The Morgan fingerprint density at radius 1 is 0.962 bits per heavy atom. The Hall–Kier alpha value is -4.07. The van der Waals surface area contributed by atoms with Crippen molar-refractivity contribution in [1.82, 2.24) is 5.32 Å². The van der Waals surface area contributed by atoms with E-state index >= 15 is 0 Å². The van der Waals surface area contributed by atoms with Gasteiger partial charge in [0.25, 0.3) is 11.8 Å². The molecule has 2 amide bonds. The van der Waals surface area contributed by atoms with Crippen LogP contribution in [-0.2, 0) is 9.59 Å². The Balaban J connectivity index is 1.88. The van der Waals surface area contributed by atoms with Gasteiger partial charge < -0.3 is 5.32 Å². The number of rotatable bonds is 1. The summed E-state index contributed by atoms with van der Waals surface area (Å²) < 4.78 is 0. The third-order valence-corrected chi connectivity index (χ3v) is 4.23.